The van der Waals surface area contributed by atoms with Crippen LogP contribution in [0, 0.1) is 11.8 Å². The van der Waals surface area contributed by atoms with Crippen LogP contribution in [0.2, 0.25) is 0 Å². The Balaban J connectivity index is 1.88. The molecule has 2 rings (SSSR count). The van der Waals surface area contributed by atoms with Gasteiger partial charge >= 0.3 is 0 Å². The van der Waals surface area contributed by atoms with E-state index >= 15 is 0 Å². The zero-order valence-electron chi connectivity index (χ0n) is 12.8. The first kappa shape index (κ1) is 15.3. The summed E-state index contributed by atoms with van der Waals surface area (Å²) in [6.45, 7) is 7.59. The minimum atomic E-state index is -0.411. The molecule has 2 atom stereocenters. The first-order valence-electron chi connectivity index (χ1n) is 7.82. The van der Waals surface area contributed by atoms with Gasteiger partial charge in [-0.05, 0) is 61.9 Å². The van der Waals surface area contributed by atoms with Gasteiger partial charge in [0.1, 0.15) is 0 Å². The number of hydrogen-bond acceptors (Lipinski definition) is 3. The van der Waals surface area contributed by atoms with Crippen molar-refractivity contribution in [1.82, 2.24) is 4.90 Å². The molecule has 0 aliphatic carbocycles. The Morgan fingerprint density at radius 1 is 1.20 bits per heavy atom. The van der Waals surface area contributed by atoms with Crippen LogP contribution >= 0.6 is 0 Å². The van der Waals surface area contributed by atoms with E-state index in [0.29, 0.717) is 0 Å². The number of hydrogen-bond donors (Lipinski definition) is 2. The van der Waals surface area contributed by atoms with Crippen molar-refractivity contribution in [2.24, 2.45) is 11.8 Å². The number of rotatable bonds is 4. The average Bonchev–Trinajstić information content (AvgIpc) is 2.65. The molecule has 0 amide bonds. The summed E-state index contributed by atoms with van der Waals surface area (Å²) in [4.78, 5) is 2.41. The van der Waals surface area contributed by atoms with E-state index < -0.39 is 6.10 Å². The maximum Gasteiger partial charge on any atom is 0.0916 e. The van der Waals surface area contributed by atoms with Crippen molar-refractivity contribution in [3.05, 3.63) is 29.8 Å². The molecule has 1 aromatic carbocycles. The molecule has 1 aliphatic heterocycles. The summed E-state index contributed by atoms with van der Waals surface area (Å²) in [5.74, 6) is 1.62. The third-order valence-electron chi connectivity index (χ3n) is 4.56. The van der Waals surface area contributed by atoms with Gasteiger partial charge in [-0.1, -0.05) is 26.0 Å². The molecule has 3 N–H and O–H groups in total. The van der Waals surface area contributed by atoms with Crippen molar-refractivity contribution in [3.63, 3.8) is 0 Å². The van der Waals surface area contributed by atoms with Crippen molar-refractivity contribution >= 4 is 5.69 Å². The van der Waals surface area contributed by atoms with Crippen molar-refractivity contribution < 1.29 is 5.11 Å². The highest BCUT2D eigenvalue weighted by Crippen LogP contribution is 2.25. The largest absolute Gasteiger partial charge is 0.399 e. The van der Waals surface area contributed by atoms with E-state index in [4.69, 9.17) is 5.73 Å². The zero-order chi connectivity index (χ0) is 14.5. The molecule has 0 aromatic heterocycles. The summed E-state index contributed by atoms with van der Waals surface area (Å²) in [5, 5.41) is 10.3. The van der Waals surface area contributed by atoms with E-state index in [-0.39, 0.29) is 0 Å². The van der Waals surface area contributed by atoms with Gasteiger partial charge in [-0.3, -0.25) is 0 Å². The molecule has 20 heavy (non-hydrogen) atoms. The van der Waals surface area contributed by atoms with Gasteiger partial charge < -0.3 is 15.7 Å². The highest BCUT2D eigenvalue weighted by Gasteiger charge is 2.21. The van der Waals surface area contributed by atoms with E-state index in [1.165, 1.54) is 19.3 Å². The second kappa shape index (κ2) is 7.09. The Bertz CT molecular complexity index is 402. The summed E-state index contributed by atoms with van der Waals surface area (Å²) >= 11 is 0. The zero-order valence-corrected chi connectivity index (χ0v) is 12.8. The van der Waals surface area contributed by atoms with Gasteiger partial charge in [-0.2, -0.15) is 0 Å². The molecule has 3 heteroatoms. The standard InChI is InChI=1S/C17H28N2O/c1-13(2)14-4-3-10-19(11-9-14)12-17(20)15-5-7-16(18)8-6-15/h5-8,13-14,17,20H,3-4,9-12,18H2,1-2H3. The fraction of sp³-hybridized carbons (Fsp3) is 0.647. The highest BCUT2D eigenvalue weighted by molar-refractivity contribution is 5.39. The first-order chi connectivity index (χ1) is 9.56. The highest BCUT2D eigenvalue weighted by atomic mass is 16.3. The van der Waals surface area contributed by atoms with Crippen LogP contribution in [0.5, 0.6) is 0 Å². The molecule has 1 heterocycles. The fourth-order valence-corrected chi connectivity index (χ4v) is 3.10. The third-order valence-corrected chi connectivity index (χ3v) is 4.56. The summed E-state index contributed by atoms with van der Waals surface area (Å²) in [7, 11) is 0. The smallest absolute Gasteiger partial charge is 0.0916 e. The monoisotopic (exact) mass is 276 g/mol. The molecule has 0 spiro atoms. The van der Waals surface area contributed by atoms with Crippen molar-refractivity contribution in [2.45, 2.75) is 39.2 Å². The van der Waals surface area contributed by atoms with Crippen molar-refractivity contribution in [1.29, 1.82) is 0 Å². The van der Waals surface area contributed by atoms with Gasteiger partial charge in [0.05, 0.1) is 6.10 Å². The SMILES string of the molecule is CC(C)C1CCCN(CC(O)c2ccc(N)cc2)CC1. The number of likely N-dealkylation sites (tertiary alicyclic amines) is 1. The quantitative estimate of drug-likeness (QED) is 0.831. The topological polar surface area (TPSA) is 49.5 Å². The Morgan fingerprint density at radius 2 is 1.90 bits per heavy atom. The van der Waals surface area contributed by atoms with E-state index in [9.17, 15) is 5.11 Å². The van der Waals surface area contributed by atoms with E-state index in [1.807, 2.05) is 24.3 Å². The van der Waals surface area contributed by atoms with Crippen LogP contribution in [0.25, 0.3) is 0 Å². The number of β-amino-alcohol motifs (C(OH)–C–C–N with tert-alkyl or cyclic N) is 1. The maximum absolute atomic E-state index is 10.3. The van der Waals surface area contributed by atoms with Gasteiger partial charge in [-0.15, -0.1) is 0 Å². The number of aliphatic hydroxyl groups is 1. The third kappa shape index (κ3) is 4.22. The van der Waals surface area contributed by atoms with Gasteiger partial charge in [0.25, 0.3) is 0 Å². The molecule has 1 fully saturated rings. The fourth-order valence-electron chi connectivity index (χ4n) is 3.10. The second-order valence-corrected chi connectivity index (χ2v) is 6.42. The van der Waals surface area contributed by atoms with Crippen LogP contribution in [-0.2, 0) is 0 Å². The summed E-state index contributed by atoms with van der Waals surface area (Å²) in [6, 6.07) is 7.56. The van der Waals surface area contributed by atoms with E-state index in [1.54, 1.807) is 0 Å². The molecule has 0 saturated carbocycles. The normalized spacial score (nSPS) is 22.7. The Morgan fingerprint density at radius 3 is 2.55 bits per heavy atom. The van der Waals surface area contributed by atoms with Gasteiger partial charge in [0.15, 0.2) is 0 Å². The number of aliphatic hydroxyl groups excluding tert-OH is 1. The maximum atomic E-state index is 10.3. The van der Waals surface area contributed by atoms with E-state index in [2.05, 4.69) is 18.7 Å². The van der Waals surface area contributed by atoms with Crippen molar-refractivity contribution in [3.8, 4) is 0 Å². The van der Waals surface area contributed by atoms with Crippen LogP contribution in [-0.4, -0.2) is 29.6 Å². The number of nitrogens with two attached hydrogens (primary N) is 1. The lowest BCUT2D eigenvalue weighted by Gasteiger charge is -2.24. The molecule has 1 aromatic rings. The minimum absolute atomic E-state index is 0.411. The predicted molar refractivity (Wildman–Crippen MR) is 84.4 cm³/mol. The van der Waals surface area contributed by atoms with Crippen LogP contribution in [0.15, 0.2) is 24.3 Å². The lowest BCUT2D eigenvalue weighted by Crippen LogP contribution is -2.30. The molecule has 0 radical (unpaired) electrons. The molecule has 0 bridgehead atoms. The van der Waals surface area contributed by atoms with Crippen LogP contribution < -0.4 is 5.73 Å². The average molecular weight is 276 g/mol. The summed E-state index contributed by atoms with van der Waals surface area (Å²) in [6.07, 6.45) is 3.42. The molecule has 1 aliphatic rings. The molecular weight excluding hydrogens is 248 g/mol. The minimum Gasteiger partial charge on any atom is -0.399 e. The summed E-state index contributed by atoms with van der Waals surface area (Å²) < 4.78 is 0. The Kier molecular flexibility index (Phi) is 5.44. The Labute approximate surface area is 122 Å². The predicted octanol–water partition coefficient (Wildman–Crippen LogP) is 3.06. The first-order valence-corrected chi connectivity index (χ1v) is 7.82. The number of nitrogen functional groups attached to an aromatic ring is 1. The number of anilines is 1. The number of nitrogens with zero attached hydrogens (tertiary/aromatic N) is 1. The van der Waals surface area contributed by atoms with Crippen molar-refractivity contribution in [2.75, 3.05) is 25.4 Å². The lowest BCUT2D eigenvalue weighted by molar-refractivity contribution is 0.114. The lowest BCUT2D eigenvalue weighted by atomic mass is 9.89. The molecule has 1 saturated heterocycles. The molecule has 2 unspecified atom stereocenters. The summed E-state index contributed by atoms with van der Waals surface area (Å²) in [5.41, 5.74) is 7.39. The van der Waals surface area contributed by atoms with Gasteiger partial charge in [0.2, 0.25) is 0 Å². The molecule has 3 nitrogen and oxygen atoms in total. The van der Waals surface area contributed by atoms with Crippen LogP contribution in [0.3, 0.4) is 0 Å². The van der Waals surface area contributed by atoms with Crippen LogP contribution in [0.1, 0.15) is 44.8 Å². The van der Waals surface area contributed by atoms with Gasteiger partial charge in [-0.25, -0.2) is 0 Å². The van der Waals surface area contributed by atoms with E-state index in [0.717, 1.165) is 42.7 Å². The second-order valence-electron chi connectivity index (χ2n) is 6.42. The molecular formula is C17H28N2O. The Hall–Kier alpha value is -1.06. The van der Waals surface area contributed by atoms with Gasteiger partial charge in [0, 0.05) is 12.2 Å². The molecule has 112 valence electrons. The van der Waals surface area contributed by atoms with Crippen LogP contribution in [0.4, 0.5) is 5.69 Å². The number of benzene rings is 1.